The van der Waals surface area contributed by atoms with Gasteiger partial charge in [0.15, 0.2) is 0 Å². The molecule has 19 heavy (non-hydrogen) atoms. The molecule has 0 radical (unpaired) electrons. The van der Waals surface area contributed by atoms with Gasteiger partial charge in [-0.25, -0.2) is 0 Å². The molecule has 6 heteroatoms. The smallest absolute Gasteiger partial charge is 0.294 e. The van der Waals surface area contributed by atoms with Crippen molar-refractivity contribution in [2.75, 3.05) is 6.61 Å². The third-order valence-corrected chi connectivity index (χ3v) is 4.93. The fraction of sp³-hybridized carbons (Fsp3) is 0.538. The number of hydrogen-bond acceptors (Lipinski definition) is 3. The van der Waals surface area contributed by atoms with E-state index in [1.54, 1.807) is 12.1 Å². The van der Waals surface area contributed by atoms with Gasteiger partial charge >= 0.3 is 0 Å². The summed E-state index contributed by atoms with van der Waals surface area (Å²) < 4.78 is 38.7. The molecule has 1 aromatic rings. The fourth-order valence-corrected chi connectivity index (χ4v) is 3.66. The van der Waals surface area contributed by atoms with Crippen molar-refractivity contribution < 1.29 is 17.7 Å². The maximum Gasteiger partial charge on any atom is 0.294 e. The number of halogens is 1. The lowest BCUT2D eigenvalue weighted by Crippen LogP contribution is -2.24. The van der Waals surface area contributed by atoms with Crippen LogP contribution in [-0.2, 0) is 14.9 Å². The van der Waals surface area contributed by atoms with Crippen molar-refractivity contribution in [1.29, 1.82) is 0 Å². The molecule has 4 nitrogen and oxygen atoms in total. The Morgan fingerprint density at radius 1 is 1.47 bits per heavy atom. The molecular formula is C13H17BrO4S. The topological polar surface area (TPSA) is 63.6 Å². The molecule has 1 heterocycles. The Hall–Kier alpha value is -0.430. The molecular weight excluding hydrogens is 332 g/mol. The van der Waals surface area contributed by atoms with E-state index in [2.05, 4.69) is 22.9 Å². The summed E-state index contributed by atoms with van der Waals surface area (Å²) >= 11 is 3.35. The summed E-state index contributed by atoms with van der Waals surface area (Å²) in [5.41, 5.74) is 0.679. The van der Waals surface area contributed by atoms with E-state index >= 15 is 0 Å². The van der Waals surface area contributed by atoms with Gasteiger partial charge in [0.2, 0.25) is 0 Å². The Kier molecular flexibility index (Phi) is 4.66. The number of benzene rings is 1. The van der Waals surface area contributed by atoms with E-state index in [1.165, 1.54) is 6.07 Å². The highest BCUT2D eigenvalue weighted by atomic mass is 79.9. The minimum absolute atomic E-state index is 0.0115. The maximum atomic E-state index is 11.5. The summed E-state index contributed by atoms with van der Waals surface area (Å²) in [6.07, 6.45) is 2.63. The predicted molar refractivity (Wildman–Crippen MR) is 76.0 cm³/mol. The Morgan fingerprint density at radius 2 is 2.21 bits per heavy atom. The summed E-state index contributed by atoms with van der Waals surface area (Å²) in [6, 6.07) is 4.86. The van der Waals surface area contributed by atoms with Gasteiger partial charge in [0.25, 0.3) is 10.1 Å². The molecule has 0 bridgehead atoms. The van der Waals surface area contributed by atoms with Crippen molar-refractivity contribution in [2.24, 2.45) is 0 Å². The molecule has 1 N–H and O–H groups in total. The second kappa shape index (κ2) is 5.91. The first-order valence-electron chi connectivity index (χ1n) is 6.30. The van der Waals surface area contributed by atoms with Gasteiger partial charge in [-0.2, -0.15) is 8.42 Å². The molecule has 1 aromatic carbocycles. The van der Waals surface area contributed by atoms with Gasteiger partial charge in [-0.1, -0.05) is 22.9 Å². The van der Waals surface area contributed by atoms with Crippen molar-refractivity contribution >= 4 is 26.0 Å². The third-order valence-electron chi connectivity index (χ3n) is 3.51. The fourth-order valence-electron chi connectivity index (χ4n) is 2.52. The molecule has 0 aliphatic carbocycles. The summed E-state index contributed by atoms with van der Waals surface area (Å²) in [4.78, 5) is 0.0115. The van der Waals surface area contributed by atoms with Crippen LogP contribution < -0.4 is 0 Å². The molecule has 0 amide bonds. The third kappa shape index (κ3) is 3.56. The van der Waals surface area contributed by atoms with Crippen LogP contribution in [0.1, 0.15) is 37.7 Å². The normalized spacial score (nSPS) is 24.4. The Labute approximate surface area is 122 Å². The maximum absolute atomic E-state index is 11.5. The van der Waals surface area contributed by atoms with Crippen molar-refractivity contribution in [3.05, 3.63) is 28.2 Å². The van der Waals surface area contributed by atoms with Gasteiger partial charge in [0.05, 0.1) is 11.0 Å². The molecule has 1 aliphatic rings. The molecule has 1 aliphatic heterocycles. The van der Waals surface area contributed by atoms with Gasteiger partial charge in [0, 0.05) is 11.1 Å². The van der Waals surface area contributed by atoms with Gasteiger partial charge in [-0.15, -0.1) is 0 Å². The Morgan fingerprint density at radius 3 is 2.84 bits per heavy atom. The van der Waals surface area contributed by atoms with E-state index in [0.29, 0.717) is 12.2 Å². The van der Waals surface area contributed by atoms with E-state index in [-0.39, 0.29) is 16.9 Å². The van der Waals surface area contributed by atoms with E-state index < -0.39 is 10.1 Å². The lowest BCUT2D eigenvalue weighted by atomic mass is 9.88. The predicted octanol–water partition coefficient (Wildman–Crippen LogP) is 3.37. The van der Waals surface area contributed by atoms with Crippen LogP contribution >= 0.6 is 15.9 Å². The van der Waals surface area contributed by atoms with E-state index in [0.717, 1.165) is 23.7 Å². The van der Waals surface area contributed by atoms with E-state index in [9.17, 15) is 13.0 Å². The first-order chi connectivity index (χ1) is 8.91. The van der Waals surface area contributed by atoms with Crippen LogP contribution in [0.3, 0.4) is 0 Å². The number of hydrogen-bond donors (Lipinski definition) is 1. The summed E-state index contributed by atoms with van der Waals surface area (Å²) in [6.45, 7) is 2.68. The molecule has 2 unspecified atom stereocenters. The highest BCUT2D eigenvalue weighted by molar-refractivity contribution is 9.10. The van der Waals surface area contributed by atoms with Crippen LogP contribution in [0.4, 0.5) is 0 Å². The summed E-state index contributed by atoms with van der Waals surface area (Å²) in [7, 11) is -4.19. The SMILES string of the molecule is CCC1CC(c2cc(Br)ccc2S(=O)(=O)O)CCO1. The second-order valence-electron chi connectivity index (χ2n) is 4.78. The van der Waals surface area contributed by atoms with E-state index in [4.69, 9.17) is 4.74 Å². The number of rotatable bonds is 3. The van der Waals surface area contributed by atoms with E-state index in [1.807, 2.05) is 0 Å². The minimum atomic E-state index is -4.19. The highest BCUT2D eigenvalue weighted by Crippen LogP contribution is 2.36. The first-order valence-corrected chi connectivity index (χ1v) is 8.53. The minimum Gasteiger partial charge on any atom is -0.378 e. The molecule has 2 rings (SSSR count). The molecule has 0 saturated carbocycles. The van der Waals surface area contributed by atoms with Crippen molar-refractivity contribution in [3.8, 4) is 0 Å². The average Bonchev–Trinajstić information content (AvgIpc) is 2.37. The van der Waals surface area contributed by atoms with Crippen LogP contribution in [0.15, 0.2) is 27.6 Å². The zero-order valence-electron chi connectivity index (χ0n) is 10.7. The zero-order valence-corrected chi connectivity index (χ0v) is 13.1. The summed E-state index contributed by atoms with van der Waals surface area (Å²) in [5.74, 6) is 0.105. The van der Waals surface area contributed by atoms with Crippen molar-refractivity contribution in [3.63, 3.8) is 0 Å². The molecule has 1 saturated heterocycles. The average molecular weight is 349 g/mol. The van der Waals surface area contributed by atoms with Crippen LogP contribution in [-0.4, -0.2) is 25.7 Å². The van der Waals surface area contributed by atoms with Crippen LogP contribution in [0.2, 0.25) is 0 Å². The van der Waals surface area contributed by atoms with Gasteiger partial charge in [-0.05, 0) is 48.9 Å². The largest absolute Gasteiger partial charge is 0.378 e. The highest BCUT2D eigenvalue weighted by Gasteiger charge is 2.27. The lowest BCUT2D eigenvalue weighted by Gasteiger charge is -2.30. The van der Waals surface area contributed by atoms with Crippen LogP contribution in [0.5, 0.6) is 0 Å². The first kappa shape index (κ1) is 15.0. The lowest BCUT2D eigenvalue weighted by molar-refractivity contribution is 0.00442. The zero-order chi connectivity index (χ0) is 14.0. The Bertz CT molecular complexity index is 556. The molecule has 0 spiro atoms. The Balaban J connectivity index is 2.40. The van der Waals surface area contributed by atoms with Gasteiger partial charge in [0.1, 0.15) is 0 Å². The van der Waals surface area contributed by atoms with Gasteiger partial charge in [-0.3, -0.25) is 4.55 Å². The number of ether oxygens (including phenoxy) is 1. The quantitative estimate of drug-likeness (QED) is 0.850. The second-order valence-corrected chi connectivity index (χ2v) is 7.09. The summed E-state index contributed by atoms with van der Waals surface area (Å²) in [5, 5.41) is 0. The standard InChI is InChI=1S/C13H17BrO4S/c1-2-11-7-9(5-6-18-11)12-8-10(14)3-4-13(12)19(15,16)17/h3-4,8-9,11H,2,5-7H2,1H3,(H,15,16,17). The monoisotopic (exact) mass is 348 g/mol. The van der Waals surface area contributed by atoms with Crippen molar-refractivity contribution in [1.82, 2.24) is 0 Å². The molecule has 2 atom stereocenters. The molecule has 106 valence electrons. The van der Waals surface area contributed by atoms with Crippen LogP contribution in [0, 0.1) is 0 Å². The van der Waals surface area contributed by atoms with Crippen molar-refractivity contribution in [2.45, 2.75) is 43.1 Å². The van der Waals surface area contributed by atoms with Gasteiger partial charge < -0.3 is 4.74 Å². The van der Waals surface area contributed by atoms with Crippen LogP contribution in [0.25, 0.3) is 0 Å². The molecule has 1 fully saturated rings. The molecule has 0 aromatic heterocycles.